The van der Waals surface area contributed by atoms with E-state index in [1.807, 2.05) is 32.0 Å². The summed E-state index contributed by atoms with van der Waals surface area (Å²) < 4.78 is 0. The Hall–Kier alpha value is -1.48. The van der Waals surface area contributed by atoms with Crippen molar-refractivity contribution >= 4 is 11.9 Å². The second-order valence-corrected chi connectivity index (χ2v) is 3.13. The van der Waals surface area contributed by atoms with Gasteiger partial charge in [-0.15, -0.1) is 0 Å². The Morgan fingerprint density at radius 2 is 2.00 bits per heavy atom. The first-order valence-corrected chi connectivity index (χ1v) is 4.42. The number of rotatable bonds is 3. The zero-order valence-electron chi connectivity index (χ0n) is 8.41. The second-order valence-electron chi connectivity index (χ2n) is 3.13. The van der Waals surface area contributed by atoms with Crippen LogP contribution in [0.1, 0.15) is 16.7 Å². The number of nitrogens with one attached hydrogen (secondary N) is 1. The van der Waals surface area contributed by atoms with E-state index < -0.39 is 0 Å². The van der Waals surface area contributed by atoms with E-state index in [4.69, 9.17) is 10.5 Å². The third-order valence-electron chi connectivity index (χ3n) is 2.05. The Kier molecular flexibility index (Phi) is 3.54. The summed E-state index contributed by atoms with van der Waals surface area (Å²) in [5.41, 5.74) is 3.35. The minimum absolute atomic E-state index is 0.271. The summed E-state index contributed by atoms with van der Waals surface area (Å²) in [5, 5.41) is 16.3. The molecule has 0 unspecified atom stereocenters. The molecular formula is C11H14N2O. The topological polar surface area (TPSA) is 56.4 Å². The normalized spacial score (nSPS) is 10.8. The molecule has 0 aliphatic carbocycles. The number of aryl methyl sites for hydroxylation is 2. The zero-order chi connectivity index (χ0) is 10.6. The fourth-order valence-electron chi connectivity index (χ4n) is 1.44. The van der Waals surface area contributed by atoms with Gasteiger partial charge in [0.15, 0.2) is 0 Å². The molecule has 0 atom stereocenters. The van der Waals surface area contributed by atoms with Crippen LogP contribution in [-0.2, 0) is 0 Å². The lowest BCUT2D eigenvalue weighted by Gasteiger charge is -2.07. The van der Waals surface area contributed by atoms with E-state index in [1.165, 1.54) is 6.21 Å². The quantitative estimate of drug-likeness (QED) is 0.700. The smallest absolute Gasteiger partial charge is 0.134 e. The molecule has 1 rings (SSSR count). The molecular weight excluding hydrogens is 176 g/mol. The summed E-state index contributed by atoms with van der Waals surface area (Å²) in [6.07, 6.45) is 1.38. The number of aliphatic hydroxyl groups excluding tert-OH is 1. The van der Waals surface area contributed by atoms with E-state index in [-0.39, 0.29) is 6.73 Å². The van der Waals surface area contributed by atoms with Gasteiger partial charge >= 0.3 is 0 Å². The summed E-state index contributed by atoms with van der Waals surface area (Å²) in [5.74, 6) is 0. The van der Waals surface area contributed by atoms with E-state index in [0.717, 1.165) is 16.7 Å². The summed E-state index contributed by atoms with van der Waals surface area (Å²) >= 11 is 0. The standard InChI is InChI=1S/C11H14N2O/c1-8-4-3-5-9(2)11(8)10(12)6-13-7-14/h3-6,12,14H,7H2,1-2H3/b12-10?,13-6+. The van der Waals surface area contributed by atoms with Crippen LogP contribution in [0.25, 0.3) is 0 Å². The van der Waals surface area contributed by atoms with Crippen LogP contribution in [0.3, 0.4) is 0 Å². The summed E-state index contributed by atoms with van der Waals surface area (Å²) in [6.45, 7) is 3.65. The Morgan fingerprint density at radius 1 is 1.43 bits per heavy atom. The SMILES string of the molecule is Cc1cccc(C)c1C(=N)/C=N/CO. The Morgan fingerprint density at radius 3 is 2.50 bits per heavy atom. The minimum atomic E-state index is -0.271. The van der Waals surface area contributed by atoms with E-state index in [9.17, 15) is 0 Å². The predicted octanol–water partition coefficient (Wildman–Crippen LogP) is 1.69. The van der Waals surface area contributed by atoms with E-state index in [1.54, 1.807) is 0 Å². The number of hydrogen-bond donors (Lipinski definition) is 2. The van der Waals surface area contributed by atoms with Crippen LogP contribution in [0.15, 0.2) is 23.2 Å². The van der Waals surface area contributed by atoms with Crippen molar-refractivity contribution in [2.24, 2.45) is 4.99 Å². The van der Waals surface area contributed by atoms with Gasteiger partial charge in [0.25, 0.3) is 0 Å². The molecule has 14 heavy (non-hydrogen) atoms. The maximum Gasteiger partial charge on any atom is 0.134 e. The third-order valence-corrected chi connectivity index (χ3v) is 2.05. The van der Waals surface area contributed by atoms with E-state index >= 15 is 0 Å². The monoisotopic (exact) mass is 190 g/mol. The van der Waals surface area contributed by atoms with Crippen molar-refractivity contribution in [3.63, 3.8) is 0 Å². The van der Waals surface area contributed by atoms with Crippen molar-refractivity contribution in [2.45, 2.75) is 13.8 Å². The van der Waals surface area contributed by atoms with Crippen molar-refractivity contribution in [2.75, 3.05) is 6.73 Å². The van der Waals surface area contributed by atoms with Crippen LogP contribution in [0.4, 0.5) is 0 Å². The van der Waals surface area contributed by atoms with Crippen molar-refractivity contribution in [3.05, 3.63) is 34.9 Å². The number of aliphatic imine (C=N–C) groups is 1. The highest BCUT2D eigenvalue weighted by Gasteiger charge is 2.05. The summed E-state index contributed by atoms with van der Waals surface area (Å²) in [4.78, 5) is 3.64. The van der Waals surface area contributed by atoms with Crippen LogP contribution in [0.2, 0.25) is 0 Å². The largest absolute Gasteiger partial charge is 0.375 e. The van der Waals surface area contributed by atoms with Gasteiger partial charge < -0.3 is 5.11 Å². The molecule has 0 aromatic heterocycles. The van der Waals surface area contributed by atoms with Gasteiger partial charge in [-0.05, 0) is 25.0 Å². The fourth-order valence-corrected chi connectivity index (χ4v) is 1.44. The van der Waals surface area contributed by atoms with Crippen molar-refractivity contribution in [1.29, 1.82) is 5.41 Å². The summed E-state index contributed by atoms with van der Waals surface area (Å²) in [7, 11) is 0. The molecule has 3 nitrogen and oxygen atoms in total. The fraction of sp³-hybridized carbons (Fsp3) is 0.273. The zero-order valence-corrected chi connectivity index (χ0v) is 8.41. The number of hydrogen-bond acceptors (Lipinski definition) is 3. The molecule has 0 amide bonds. The summed E-state index contributed by atoms with van der Waals surface area (Å²) in [6, 6.07) is 5.89. The molecule has 74 valence electrons. The maximum absolute atomic E-state index is 8.51. The average molecular weight is 190 g/mol. The maximum atomic E-state index is 8.51. The molecule has 1 aromatic carbocycles. The average Bonchev–Trinajstić information content (AvgIpc) is 2.14. The van der Waals surface area contributed by atoms with Crippen molar-refractivity contribution in [3.8, 4) is 0 Å². The molecule has 0 saturated carbocycles. The highest BCUT2D eigenvalue weighted by atomic mass is 16.3. The Bertz CT molecular complexity index is 349. The lowest BCUT2D eigenvalue weighted by atomic mass is 9.99. The minimum Gasteiger partial charge on any atom is -0.375 e. The molecule has 0 bridgehead atoms. The molecule has 0 radical (unpaired) electrons. The van der Waals surface area contributed by atoms with Gasteiger partial charge in [-0.25, -0.2) is 0 Å². The highest BCUT2D eigenvalue weighted by Crippen LogP contribution is 2.12. The molecule has 0 heterocycles. The molecule has 0 saturated heterocycles. The van der Waals surface area contributed by atoms with Crippen LogP contribution in [0, 0.1) is 19.3 Å². The van der Waals surface area contributed by atoms with Gasteiger partial charge in [-0.2, -0.15) is 0 Å². The number of nitrogens with zero attached hydrogens (tertiary/aromatic N) is 1. The first-order chi connectivity index (χ1) is 6.66. The van der Waals surface area contributed by atoms with Gasteiger partial charge in [0.1, 0.15) is 6.73 Å². The highest BCUT2D eigenvalue weighted by molar-refractivity contribution is 6.37. The van der Waals surface area contributed by atoms with Gasteiger partial charge in [0.05, 0.1) is 5.71 Å². The molecule has 0 aliphatic rings. The number of aliphatic hydroxyl groups is 1. The lowest BCUT2D eigenvalue weighted by Crippen LogP contribution is -2.06. The van der Waals surface area contributed by atoms with Crippen LogP contribution < -0.4 is 0 Å². The first-order valence-electron chi connectivity index (χ1n) is 4.42. The second kappa shape index (κ2) is 4.67. The van der Waals surface area contributed by atoms with Gasteiger partial charge in [0, 0.05) is 11.8 Å². The van der Waals surface area contributed by atoms with Gasteiger partial charge in [-0.3, -0.25) is 10.4 Å². The molecule has 0 aliphatic heterocycles. The molecule has 0 fully saturated rings. The first kappa shape index (κ1) is 10.6. The predicted molar refractivity (Wildman–Crippen MR) is 58.3 cm³/mol. The van der Waals surface area contributed by atoms with Crippen molar-refractivity contribution < 1.29 is 5.11 Å². The van der Waals surface area contributed by atoms with E-state index in [2.05, 4.69) is 4.99 Å². The Balaban J connectivity index is 3.06. The molecule has 2 N–H and O–H groups in total. The van der Waals surface area contributed by atoms with Crippen LogP contribution >= 0.6 is 0 Å². The van der Waals surface area contributed by atoms with Crippen LogP contribution in [0.5, 0.6) is 0 Å². The van der Waals surface area contributed by atoms with E-state index in [0.29, 0.717) is 5.71 Å². The van der Waals surface area contributed by atoms with Crippen molar-refractivity contribution in [1.82, 2.24) is 0 Å². The van der Waals surface area contributed by atoms with Gasteiger partial charge in [-0.1, -0.05) is 18.2 Å². The Labute approximate surface area is 83.6 Å². The lowest BCUT2D eigenvalue weighted by molar-refractivity contribution is 0.310. The third kappa shape index (κ3) is 2.26. The van der Waals surface area contributed by atoms with Crippen LogP contribution in [-0.4, -0.2) is 23.8 Å². The molecule has 3 heteroatoms. The molecule has 0 spiro atoms. The van der Waals surface area contributed by atoms with Gasteiger partial charge in [0.2, 0.25) is 0 Å². The number of benzene rings is 1. The molecule has 1 aromatic rings.